The van der Waals surface area contributed by atoms with Crippen molar-refractivity contribution < 1.29 is 37.3 Å². The van der Waals surface area contributed by atoms with Gasteiger partial charge in [0.05, 0.1) is 33.8 Å². The molecule has 3 atom stereocenters. The zero-order chi connectivity index (χ0) is 44.4. The molecule has 0 bridgehead atoms. The van der Waals surface area contributed by atoms with Crippen LogP contribution in [0.2, 0.25) is 0 Å². The second-order valence-electron chi connectivity index (χ2n) is 18.0. The van der Waals surface area contributed by atoms with Gasteiger partial charge in [-0.25, -0.2) is 4.57 Å². The first-order valence-corrected chi connectivity index (χ1v) is 26.3. The molecule has 10 heteroatoms. The Bertz CT molecular complexity index is 1140. The summed E-state index contributed by atoms with van der Waals surface area (Å²) in [6, 6.07) is -0.849. The highest BCUT2D eigenvalue weighted by atomic mass is 31.2. The molecule has 0 rings (SSSR count). The number of quaternary nitrogens is 1. The summed E-state index contributed by atoms with van der Waals surface area (Å²) in [4.78, 5) is 37.2. The molecule has 0 fully saturated rings. The number of amides is 1. The van der Waals surface area contributed by atoms with Crippen LogP contribution >= 0.6 is 7.82 Å². The first-order chi connectivity index (χ1) is 28.9. The van der Waals surface area contributed by atoms with E-state index in [1.165, 1.54) is 77.0 Å². The van der Waals surface area contributed by atoms with Crippen molar-refractivity contribution in [2.45, 2.75) is 232 Å². The molecule has 0 radical (unpaired) electrons. The number of hydrogen-bond donors (Lipinski definition) is 2. The number of hydrogen-bond acceptors (Lipinski definition) is 6. The Kier molecular flexibility index (Phi) is 40.0. The van der Waals surface area contributed by atoms with Crippen molar-refractivity contribution in [2.24, 2.45) is 0 Å². The highest BCUT2D eigenvalue weighted by Crippen LogP contribution is 2.43. The molecule has 352 valence electrons. The third kappa shape index (κ3) is 41.6. The summed E-state index contributed by atoms with van der Waals surface area (Å²) in [5, 5.41) is 3.02. The van der Waals surface area contributed by atoms with Gasteiger partial charge in [-0.05, 0) is 70.3 Å². The van der Waals surface area contributed by atoms with Crippen molar-refractivity contribution >= 4 is 19.7 Å². The number of allylic oxidation sites excluding steroid dienone is 5. The van der Waals surface area contributed by atoms with E-state index in [-0.39, 0.29) is 31.5 Å². The standard InChI is InChI=1S/C50H95N2O7P/c1-7-10-13-16-19-22-25-28-29-32-35-38-41-48(59-50(54)43-40-37-34-31-27-24-21-18-15-12-9-3)47(46-58-60(55,56)57-45-44-52(4,5)6)51-49(53)42-39-36-33-30-26-23-20-17-14-11-8-2/h17-18,20-21,38,41,47-48H,7-16,19,22-37,39-40,42-46H2,1-6H3,(H-,51,53,55,56)/p+1/b20-17-,21-18-,41-38+. The molecular formula is C50H96N2O7P+. The molecule has 3 unspecified atom stereocenters. The minimum Gasteiger partial charge on any atom is -0.456 e. The number of nitrogens with zero attached hydrogens (tertiary/aromatic N) is 1. The van der Waals surface area contributed by atoms with E-state index < -0.39 is 20.0 Å². The SMILES string of the molecule is CCCC/C=C\CCCCCCCC(=O)NC(COP(=O)(O)OCC[N+](C)(C)C)C(/C=C/CCCCCCCCCCCC)OC(=O)CCCCCCC/C=C\CCCC. The molecule has 0 aromatic carbocycles. The van der Waals surface area contributed by atoms with E-state index in [0.717, 1.165) is 109 Å². The molecule has 0 saturated heterocycles. The Labute approximate surface area is 370 Å². The van der Waals surface area contributed by atoms with Gasteiger partial charge in [0.2, 0.25) is 5.91 Å². The molecule has 2 N–H and O–H groups in total. The van der Waals surface area contributed by atoms with Gasteiger partial charge in [-0.1, -0.05) is 173 Å². The minimum absolute atomic E-state index is 0.0380. The lowest BCUT2D eigenvalue weighted by atomic mass is 10.0. The van der Waals surface area contributed by atoms with E-state index in [1.54, 1.807) is 0 Å². The van der Waals surface area contributed by atoms with Gasteiger partial charge in [0.15, 0.2) is 0 Å². The molecule has 0 aliphatic carbocycles. The van der Waals surface area contributed by atoms with Crippen LogP contribution in [0.1, 0.15) is 220 Å². The van der Waals surface area contributed by atoms with Gasteiger partial charge in [-0.2, -0.15) is 0 Å². The molecule has 9 nitrogen and oxygen atoms in total. The molecule has 60 heavy (non-hydrogen) atoms. The van der Waals surface area contributed by atoms with Gasteiger partial charge < -0.3 is 19.4 Å². The van der Waals surface area contributed by atoms with Crippen LogP contribution in [-0.2, 0) is 27.9 Å². The van der Waals surface area contributed by atoms with Crippen molar-refractivity contribution in [1.82, 2.24) is 5.32 Å². The smallest absolute Gasteiger partial charge is 0.456 e. The van der Waals surface area contributed by atoms with Crippen LogP contribution in [0.4, 0.5) is 0 Å². The number of rotatable bonds is 44. The lowest BCUT2D eigenvalue weighted by Crippen LogP contribution is -2.47. The average Bonchev–Trinajstić information content (AvgIpc) is 3.20. The van der Waals surface area contributed by atoms with Crippen LogP contribution in [0.25, 0.3) is 0 Å². The van der Waals surface area contributed by atoms with Crippen LogP contribution < -0.4 is 5.32 Å². The summed E-state index contributed by atoms with van der Waals surface area (Å²) in [6.45, 7) is 6.90. The monoisotopic (exact) mass is 868 g/mol. The van der Waals surface area contributed by atoms with E-state index in [0.29, 0.717) is 17.4 Å². The Balaban J connectivity index is 5.50. The summed E-state index contributed by atoms with van der Waals surface area (Å²) in [5.41, 5.74) is 0. The first kappa shape index (κ1) is 58.2. The van der Waals surface area contributed by atoms with E-state index in [2.05, 4.69) is 50.4 Å². The zero-order valence-corrected chi connectivity index (χ0v) is 40.8. The Morgan fingerprint density at radius 3 is 1.47 bits per heavy atom. The second-order valence-corrected chi connectivity index (χ2v) is 19.4. The fraction of sp³-hybridized carbons (Fsp3) is 0.840. The molecule has 0 spiro atoms. The van der Waals surface area contributed by atoms with Gasteiger partial charge in [-0.15, -0.1) is 0 Å². The van der Waals surface area contributed by atoms with E-state index in [4.69, 9.17) is 13.8 Å². The molecule has 0 aromatic rings. The van der Waals surface area contributed by atoms with Gasteiger partial charge in [0, 0.05) is 12.8 Å². The Morgan fingerprint density at radius 2 is 0.983 bits per heavy atom. The van der Waals surface area contributed by atoms with Crippen LogP contribution in [0, 0.1) is 0 Å². The molecule has 0 aliphatic heterocycles. The summed E-state index contributed by atoms with van der Waals surface area (Å²) in [5.74, 6) is -0.529. The van der Waals surface area contributed by atoms with E-state index in [9.17, 15) is 19.0 Å². The van der Waals surface area contributed by atoms with Crippen molar-refractivity contribution in [1.29, 1.82) is 0 Å². The lowest BCUT2D eigenvalue weighted by Gasteiger charge is -2.27. The normalized spacial score (nSPS) is 14.3. The van der Waals surface area contributed by atoms with Gasteiger partial charge >= 0.3 is 13.8 Å². The van der Waals surface area contributed by atoms with Gasteiger partial charge in [0.25, 0.3) is 0 Å². The predicted molar refractivity (Wildman–Crippen MR) is 254 cm³/mol. The number of unbranched alkanes of at least 4 members (excludes halogenated alkanes) is 24. The number of likely N-dealkylation sites (N-methyl/N-ethyl adjacent to an activating group) is 1. The number of carbonyl (C=O) groups is 2. The number of ether oxygens (including phenoxy) is 1. The van der Waals surface area contributed by atoms with Crippen LogP contribution in [0.15, 0.2) is 36.5 Å². The van der Waals surface area contributed by atoms with Gasteiger partial charge in [0.1, 0.15) is 19.3 Å². The minimum atomic E-state index is -4.43. The third-order valence-electron chi connectivity index (χ3n) is 10.8. The fourth-order valence-corrected chi connectivity index (χ4v) is 7.58. The van der Waals surface area contributed by atoms with E-state index >= 15 is 0 Å². The number of phosphoric acid groups is 1. The maximum Gasteiger partial charge on any atom is 0.472 e. The molecule has 0 heterocycles. The molecule has 0 aliphatic rings. The zero-order valence-electron chi connectivity index (χ0n) is 40.0. The highest BCUT2D eigenvalue weighted by Gasteiger charge is 2.30. The van der Waals surface area contributed by atoms with Crippen molar-refractivity contribution in [2.75, 3.05) is 40.9 Å². The summed E-state index contributed by atoms with van der Waals surface area (Å²) >= 11 is 0. The number of esters is 1. The molecule has 1 amide bonds. The van der Waals surface area contributed by atoms with Crippen molar-refractivity contribution in [3.05, 3.63) is 36.5 Å². The number of phosphoric ester groups is 1. The van der Waals surface area contributed by atoms with Crippen LogP contribution in [0.3, 0.4) is 0 Å². The third-order valence-corrected chi connectivity index (χ3v) is 11.8. The van der Waals surface area contributed by atoms with Crippen molar-refractivity contribution in [3.8, 4) is 0 Å². The van der Waals surface area contributed by atoms with E-state index in [1.807, 2.05) is 33.3 Å². The molecular weight excluding hydrogens is 772 g/mol. The lowest BCUT2D eigenvalue weighted by molar-refractivity contribution is -0.870. The quantitative estimate of drug-likeness (QED) is 0.0206. The molecule has 0 saturated carbocycles. The fourth-order valence-electron chi connectivity index (χ4n) is 6.84. The molecule has 0 aromatic heterocycles. The van der Waals surface area contributed by atoms with Crippen LogP contribution in [-0.4, -0.2) is 74.3 Å². The Morgan fingerprint density at radius 1 is 0.567 bits per heavy atom. The predicted octanol–water partition coefficient (Wildman–Crippen LogP) is 14.0. The summed E-state index contributed by atoms with van der Waals surface area (Å²) < 4.78 is 30.4. The Hall–Kier alpha value is -1.77. The number of carbonyl (C=O) groups excluding carboxylic acids is 2. The number of nitrogens with one attached hydrogen (secondary N) is 1. The van der Waals surface area contributed by atoms with Gasteiger partial charge in [-0.3, -0.25) is 18.6 Å². The summed E-state index contributed by atoms with van der Waals surface area (Å²) in [6.07, 6.45) is 45.7. The van der Waals surface area contributed by atoms with Crippen molar-refractivity contribution in [3.63, 3.8) is 0 Å². The average molecular weight is 868 g/mol. The largest absolute Gasteiger partial charge is 0.472 e. The highest BCUT2D eigenvalue weighted by molar-refractivity contribution is 7.47. The first-order valence-electron chi connectivity index (χ1n) is 24.8. The summed E-state index contributed by atoms with van der Waals surface area (Å²) in [7, 11) is 1.48. The van der Waals surface area contributed by atoms with Crippen LogP contribution in [0.5, 0.6) is 0 Å². The topological polar surface area (TPSA) is 111 Å². The maximum absolute atomic E-state index is 13.4. The maximum atomic E-state index is 13.4. The second kappa shape index (κ2) is 41.3.